The van der Waals surface area contributed by atoms with Gasteiger partial charge in [-0.25, -0.2) is 4.79 Å². The summed E-state index contributed by atoms with van der Waals surface area (Å²) in [6, 6.07) is 7.99. The standard InChI is InChI=1S/C14H21N3O/c1-15-11-12-5-7-13(8-6-12)16-14(18)17-9-3-2-4-10-17/h5-8,15H,2-4,9-11H2,1H3,(H,16,18). The Morgan fingerprint density at radius 1 is 1.17 bits per heavy atom. The van der Waals surface area contributed by atoms with E-state index in [1.807, 2.05) is 36.2 Å². The Morgan fingerprint density at radius 2 is 1.83 bits per heavy atom. The van der Waals surface area contributed by atoms with Crippen LogP contribution in [0.2, 0.25) is 0 Å². The first-order valence-corrected chi connectivity index (χ1v) is 6.59. The van der Waals surface area contributed by atoms with Gasteiger partial charge in [0.25, 0.3) is 0 Å². The summed E-state index contributed by atoms with van der Waals surface area (Å²) in [5, 5.41) is 6.05. The molecule has 1 heterocycles. The molecule has 0 aromatic heterocycles. The fourth-order valence-corrected chi connectivity index (χ4v) is 2.21. The second-order valence-electron chi connectivity index (χ2n) is 4.71. The van der Waals surface area contributed by atoms with Gasteiger partial charge in [-0.15, -0.1) is 0 Å². The van der Waals surface area contributed by atoms with Crippen molar-refractivity contribution >= 4 is 11.7 Å². The van der Waals surface area contributed by atoms with Crippen LogP contribution in [0.3, 0.4) is 0 Å². The number of rotatable bonds is 3. The van der Waals surface area contributed by atoms with Crippen LogP contribution < -0.4 is 10.6 Å². The lowest BCUT2D eigenvalue weighted by Gasteiger charge is -2.26. The van der Waals surface area contributed by atoms with Crippen molar-refractivity contribution in [2.45, 2.75) is 25.8 Å². The van der Waals surface area contributed by atoms with Crippen LogP contribution in [-0.4, -0.2) is 31.1 Å². The lowest BCUT2D eigenvalue weighted by atomic mass is 10.1. The summed E-state index contributed by atoms with van der Waals surface area (Å²) in [7, 11) is 1.92. The van der Waals surface area contributed by atoms with Crippen molar-refractivity contribution in [2.75, 3.05) is 25.5 Å². The van der Waals surface area contributed by atoms with E-state index >= 15 is 0 Å². The molecule has 0 aliphatic carbocycles. The molecule has 1 aromatic carbocycles. The summed E-state index contributed by atoms with van der Waals surface area (Å²) in [6.07, 6.45) is 3.48. The second kappa shape index (κ2) is 6.40. The SMILES string of the molecule is CNCc1ccc(NC(=O)N2CCCCC2)cc1. The van der Waals surface area contributed by atoms with Crippen molar-refractivity contribution in [2.24, 2.45) is 0 Å². The smallest absolute Gasteiger partial charge is 0.321 e. The van der Waals surface area contributed by atoms with Crippen molar-refractivity contribution < 1.29 is 4.79 Å². The van der Waals surface area contributed by atoms with Gasteiger partial charge in [-0.2, -0.15) is 0 Å². The molecule has 1 saturated heterocycles. The normalized spacial score (nSPS) is 15.5. The summed E-state index contributed by atoms with van der Waals surface area (Å²) in [5.41, 5.74) is 2.08. The number of benzene rings is 1. The van der Waals surface area contributed by atoms with E-state index in [9.17, 15) is 4.79 Å². The molecular formula is C14H21N3O. The highest BCUT2D eigenvalue weighted by Gasteiger charge is 2.15. The lowest BCUT2D eigenvalue weighted by Crippen LogP contribution is -2.38. The summed E-state index contributed by atoms with van der Waals surface area (Å²) in [4.78, 5) is 13.9. The number of likely N-dealkylation sites (tertiary alicyclic amines) is 1. The molecule has 4 heteroatoms. The minimum absolute atomic E-state index is 0.0241. The van der Waals surface area contributed by atoms with Gasteiger partial charge in [0.2, 0.25) is 0 Å². The Hall–Kier alpha value is -1.55. The third-order valence-electron chi connectivity index (χ3n) is 3.23. The number of piperidine rings is 1. The Bertz CT molecular complexity index is 383. The van der Waals surface area contributed by atoms with E-state index in [2.05, 4.69) is 10.6 Å². The van der Waals surface area contributed by atoms with E-state index in [4.69, 9.17) is 0 Å². The molecule has 2 rings (SSSR count). The van der Waals surface area contributed by atoms with E-state index in [0.717, 1.165) is 38.2 Å². The Morgan fingerprint density at radius 3 is 2.44 bits per heavy atom. The third kappa shape index (κ3) is 3.47. The molecule has 0 atom stereocenters. The molecule has 0 bridgehead atoms. The first-order chi connectivity index (χ1) is 8.79. The Balaban J connectivity index is 1.89. The zero-order valence-corrected chi connectivity index (χ0v) is 10.9. The number of nitrogens with zero attached hydrogens (tertiary/aromatic N) is 1. The Kier molecular flexibility index (Phi) is 4.59. The predicted octanol–water partition coefficient (Wildman–Crippen LogP) is 2.42. The van der Waals surface area contributed by atoms with E-state index < -0.39 is 0 Å². The van der Waals surface area contributed by atoms with Crippen LogP contribution in [0.25, 0.3) is 0 Å². The molecule has 2 amide bonds. The average Bonchev–Trinajstić information content (AvgIpc) is 2.42. The van der Waals surface area contributed by atoms with Crippen LogP contribution in [0.5, 0.6) is 0 Å². The first-order valence-electron chi connectivity index (χ1n) is 6.59. The molecule has 1 aliphatic heterocycles. The number of urea groups is 1. The highest BCUT2D eigenvalue weighted by Crippen LogP contribution is 2.13. The highest BCUT2D eigenvalue weighted by molar-refractivity contribution is 5.89. The van der Waals surface area contributed by atoms with Gasteiger partial charge >= 0.3 is 6.03 Å². The fraction of sp³-hybridized carbons (Fsp3) is 0.500. The zero-order chi connectivity index (χ0) is 12.8. The van der Waals surface area contributed by atoms with E-state index in [0.29, 0.717) is 0 Å². The van der Waals surface area contributed by atoms with Crippen molar-refractivity contribution in [3.8, 4) is 0 Å². The van der Waals surface area contributed by atoms with Crippen LogP contribution in [0.1, 0.15) is 24.8 Å². The predicted molar refractivity (Wildman–Crippen MR) is 73.6 cm³/mol. The van der Waals surface area contributed by atoms with Gasteiger partial charge in [-0.1, -0.05) is 12.1 Å². The van der Waals surface area contributed by atoms with Crippen LogP contribution in [0.4, 0.5) is 10.5 Å². The summed E-state index contributed by atoms with van der Waals surface area (Å²) >= 11 is 0. The molecule has 1 aromatic rings. The van der Waals surface area contributed by atoms with E-state index in [-0.39, 0.29) is 6.03 Å². The minimum Gasteiger partial charge on any atom is -0.325 e. The van der Waals surface area contributed by atoms with Crippen LogP contribution >= 0.6 is 0 Å². The van der Waals surface area contributed by atoms with Gasteiger partial charge in [0.1, 0.15) is 0 Å². The van der Waals surface area contributed by atoms with Gasteiger partial charge in [-0.05, 0) is 44.0 Å². The van der Waals surface area contributed by atoms with Gasteiger partial charge in [-0.3, -0.25) is 0 Å². The molecule has 0 radical (unpaired) electrons. The quantitative estimate of drug-likeness (QED) is 0.861. The fourth-order valence-electron chi connectivity index (χ4n) is 2.21. The highest BCUT2D eigenvalue weighted by atomic mass is 16.2. The van der Waals surface area contributed by atoms with Crippen LogP contribution in [-0.2, 0) is 6.54 Å². The lowest BCUT2D eigenvalue weighted by molar-refractivity contribution is 0.200. The van der Waals surface area contributed by atoms with Gasteiger partial charge in [0.15, 0.2) is 0 Å². The zero-order valence-electron chi connectivity index (χ0n) is 10.9. The molecule has 98 valence electrons. The van der Waals surface area contributed by atoms with Crippen molar-refractivity contribution in [3.05, 3.63) is 29.8 Å². The minimum atomic E-state index is 0.0241. The van der Waals surface area contributed by atoms with Gasteiger partial charge in [0, 0.05) is 25.3 Å². The summed E-state index contributed by atoms with van der Waals surface area (Å²) < 4.78 is 0. The van der Waals surface area contributed by atoms with Gasteiger partial charge < -0.3 is 15.5 Å². The van der Waals surface area contributed by atoms with Crippen molar-refractivity contribution in [1.29, 1.82) is 0 Å². The summed E-state index contributed by atoms with van der Waals surface area (Å²) in [5.74, 6) is 0. The monoisotopic (exact) mass is 247 g/mol. The number of carbonyl (C=O) groups is 1. The van der Waals surface area contributed by atoms with Crippen molar-refractivity contribution in [1.82, 2.24) is 10.2 Å². The number of hydrogen-bond donors (Lipinski definition) is 2. The topological polar surface area (TPSA) is 44.4 Å². The summed E-state index contributed by atoms with van der Waals surface area (Å²) in [6.45, 7) is 2.60. The molecule has 2 N–H and O–H groups in total. The maximum absolute atomic E-state index is 12.0. The number of hydrogen-bond acceptors (Lipinski definition) is 2. The largest absolute Gasteiger partial charge is 0.325 e. The number of carbonyl (C=O) groups excluding carboxylic acids is 1. The molecule has 0 spiro atoms. The number of amides is 2. The molecule has 18 heavy (non-hydrogen) atoms. The van der Waals surface area contributed by atoms with Crippen molar-refractivity contribution in [3.63, 3.8) is 0 Å². The molecular weight excluding hydrogens is 226 g/mol. The number of nitrogens with one attached hydrogen (secondary N) is 2. The molecule has 0 saturated carbocycles. The van der Waals surface area contributed by atoms with Gasteiger partial charge in [0.05, 0.1) is 0 Å². The molecule has 1 aliphatic rings. The first kappa shape index (κ1) is 12.9. The van der Waals surface area contributed by atoms with E-state index in [1.165, 1.54) is 12.0 Å². The van der Waals surface area contributed by atoms with Crippen LogP contribution in [0, 0.1) is 0 Å². The molecule has 4 nitrogen and oxygen atoms in total. The molecule has 0 unspecified atom stereocenters. The third-order valence-corrected chi connectivity index (χ3v) is 3.23. The van der Waals surface area contributed by atoms with E-state index in [1.54, 1.807) is 0 Å². The van der Waals surface area contributed by atoms with Crippen LogP contribution in [0.15, 0.2) is 24.3 Å². The maximum Gasteiger partial charge on any atom is 0.321 e. The molecule has 1 fully saturated rings. The maximum atomic E-state index is 12.0. The average molecular weight is 247 g/mol. The second-order valence-corrected chi connectivity index (χ2v) is 4.71. The Labute approximate surface area is 108 Å². The number of anilines is 1.